The smallest absolute Gasteiger partial charge is 0.406 e. The number of halogens is 1. The van der Waals surface area contributed by atoms with Crippen molar-refractivity contribution < 1.29 is 9.53 Å². The molecule has 0 rings (SSSR count). The summed E-state index contributed by atoms with van der Waals surface area (Å²) >= 11 is 5.95. The lowest BCUT2D eigenvalue weighted by Crippen LogP contribution is -2.29. The number of ether oxygens (including phenoxy) is 1. The first-order valence-corrected chi connectivity index (χ1v) is 4.30. The Morgan fingerprint density at radius 1 is 1.58 bits per heavy atom. The predicted molar refractivity (Wildman–Crippen MR) is 49.5 cm³/mol. The highest BCUT2D eigenvalue weighted by Gasteiger charge is 2.23. The van der Waals surface area contributed by atoms with Gasteiger partial charge in [0.25, 0.3) is 0 Å². The van der Waals surface area contributed by atoms with Gasteiger partial charge in [-0.1, -0.05) is 20.8 Å². The number of carbonyl (C=O) groups is 1. The lowest BCUT2D eigenvalue weighted by atomic mass is 9.92. The second-order valence-corrected chi connectivity index (χ2v) is 4.21. The average molecular weight is 194 g/mol. The van der Waals surface area contributed by atoms with Gasteiger partial charge < -0.3 is 10.1 Å². The van der Waals surface area contributed by atoms with E-state index in [1.165, 1.54) is 7.05 Å². The molecule has 0 spiro atoms. The zero-order valence-corrected chi connectivity index (χ0v) is 8.73. The third-order valence-corrected chi connectivity index (χ3v) is 2.29. The van der Waals surface area contributed by atoms with E-state index in [0.29, 0.717) is 0 Å². The van der Waals surface area contributed by atoms with Gasteiger partial charge >= 0.3 is 6.09 Å². The normalized spacial score (nSPS) is 13.8. The van der Waals surface area contributed by atoms with Gasteiger partial charge in [-0.2, -0.15) is 0 Å². The Balaban J connectivity index is 3.72. The molecular formula is C8H16ClNO2. The molecule has 1 unspecified atom stereocenters. The molecule has 0 saturated carbocycles. The molecule has 0 bridgehead atoms. The van der Waals surface area contributed by atoms with Crippen LogP contribution in [0.1, 0.15) is 20.8 Å². The number of hydrogen-bond acceptors (Lipinski definition) is 2. The van der Waals surface area contributed by atoms with Crippen molar-refractivity contribution in [2.45, 2.75) is 26.1 Å². The number of amides is 1. The summed E-state index contributed by atoms with van der Waals surface area (Å²) in [7, 11) is 1.52. The Labute approximate surface area is 78.4 Å². The second-order valence-electron chi connectivity index (χ2n) is 3.68. The third-order valence-electron chi connectivity index (χ3n) is 1.50. The molecular weight excluding hydrogens is 178 g/mol. The van der Waals surface area contributed by atoms with Crippen molar-refractivity contribution >= 4 is 17.7 Å². The fraction of sp³-hybridized carbons (Fsp3) is 0.875. The average Bonchev–Trinajstić information content (AvgIpc) is 1.97. The summed E-state index contributed by atoms with van der Waals surface area (Å²) in [6, 6.07) is 0. The highest BCUT2D eigenvalue weighted by Crippen LogP contribution is 2.24. The SMILES string of the molecule is CNC(=O)OCC(Cl)C(C)(C)C. The van der Waals surface area contributed by atoms with Crippen molar-refractivity contribution in [1.82, 2.24) is 5.32 Å². The van der Waals surface area contributed by atoms with Gasteiger partial charge in [0.05, 0.1) is 5.38 Å². The van der Waals surface area contributed by atoms with E-state index in [1.807, 2.05) is 20.8 Å². The second kappa shape index (κ2) is 4.55. The van der Waals surface area contributed by atoms with Crippen molar-refractivity contribution in [1.29, 1.82) is 0 Å². The van der Waals surface area contributed by atoms with E-state index in [1.54, 1.807) is 0 Å². The molecule has 0 radical (unpaired) electrons. The van der Waals surface area contributed by atoms with Gasteiger partial charge in [0.15, 0.2) is 0 Å². The summed E-state index contributed by atoms with van der Waals surface area (Å²) in [5.41, 5.74) is -0.0461. The minimum atomic E-state index is -0.440. The summed E-state index contributed by atoms with van der Waals surface area (Å²) < 4.78 is 4.80. The molecule has 0 aliphatic heterocycles. The van der Waals surface area contributed by atoms with E-state index >= 15 is 0 Å². The van der Waals surface area contributed by atoms with Gasteiger partial charge in [0.1, 0.15) is 6.61 Å². The van der Waals surface area contributed by atoms with Crippen LogP contribution in [-0.4, -0.2) is 25.1 Å². The molecule has 0 aromatic heterocycles. The molecule has 12 heavy (non-hydrogen) atoms. The van der Waals surface area contributed by atoms with Crippen molar-refractivity contribution in [3.05, 3.63) is 0 Å². The Morgan fingerprint density at radius 3 is 2.42 bits per heavy atom. The van der Waals surface area contributed by atoms with Crippen LogP contribution in [0.15, 0.2) is 0 Å². The number of alkyl halides is 1. The summed E-state index contributed by atoms with van der Waals surface area (Å²) in [4.78, 5) is 10.7. The van der Waals surface area contributed by atoms with Crippen molar-refractivity contribution in [2.24, 2.45) is 5.41 Å². The zero-order chi connectivity index (χ0) is 9.78. The first-order chi connectivity index (χ1) is 5.38. The van der Waals surface area contributed by atoms with E-state index in [-0.39, 0.29) is 17.4 Å². The number of rotatable bonds is 2. The molecule has 1 atom stereocenters. The number of carbonyl (C=O) groups excluding carboxylic acids is 1. The Kier molecular flexibility index (Phi) is 4.39. The summed E-state index contributed by atoms with van der Waals surface area (Å²) in [5.74, 6) is 0. The minimum Gasteiger partial charge on any atom is -0.448 e. The number of nitrogens with one attached hydrogen (secondary N) is 1. The summed E-state index contributed by atoms with van der Waals surface area (Å²) in [6.45, 7) is 6.23. The van der Waals surface area contributed by atoms with Crippen LogP contribution in [0.4, 0.5) is 4.79 Å². The minimum absolute atomic E-state index is 0.0461. The van der Waals surface area contributed by atoms with Gasteiger partial charge in [-0.05, 0) is 5.41 Å². The van der Waals surface area contributed by atoms with Crippen LogP contribution in [0.2, 0.25) is 0 Å². The first kappa shape index (κ1) is 11.6. The van der Waals surface area contributed by atoms with Gasteiger partial charge in [-0.3, -0.25) is 0 Å². The van der Waals surface area contributed by atoms with E-state index < -0.39 is 6.09 Å². The van der Waals surface area contributed by atoms with Gasteiger partial charge in [0, 0.05) is 7.05 Å². The molecule has 0 saturated heterocycles. The predicted octanol–water partition coefficient (Wildman–Crippen LogP) is 2.00. The molecule has 4 heteroatoms. The Hall–Kier alpha value is -0.440. The monoisotopic (exact) mass is 193 g/mol. The van der Waals surface area contributed by atoms with Crippen LogP contribution in [0.25, 0.3) is 0 Å². The molecule has 72 valence electrons. The van der Waals surface area contributed by atoms with Gasteiger partial charge in [0.2, 0.25) is 0 Å². The topological polar surface area (TPSA) is 38.3 Å². The van der Waals surface area contributed by atoms with E-state index in [0.717, 1.165) is 0 Å². The lowest BCUT2D eigenvalue weighted by molar-refractivity contribution is 0.135. The molecule has 0 aromatic rings. The number of hydrogen-bond donors (Lipinski definition) is 1. The highest BCUT2D eigenvalue weighted by atomic mass is 35.5. The van der Waals surface area contributed by atoms with Crippen LogP contribution in [0, 0.1) is 5.41 Å². The fourth-order valence-corrected chi connectivity index (χ4v) is 0.534. The van der Waals surface area contributed by atoms with Gasteiger partial charge in [-0.15, -0.1) is 11.6 Å². The summed E-state index contributed by atoms with van der Waals surface area (Å²) in [5, 5.41) is 2.19. The maximum atomic E-state index is 10.7. The third kappa shape index (κ3) is 4.44. The van der Waals surface area contributed by atoms with E-state index in [9.17, 15) is 4.79 Å². The molecule has 0 fully saturated rings. The number of alkyl carbamates (subject to hydrolysis) is 1. The van der Waals surface area contributed by atoms with Crippen LogP contribution < -0.4 is 5.32 Å². The molecule has 0 aliphatic carbocycles. The fourth-order valence-electron chi connectivity index (χ4n) is 0.471. The first-order valence-electron chi connectivity index (χ1n) is 3.86. The van der Waals surface area contributed by atoms with Crippen LogP contribution in [-0.2, 0) is 4.74 Å². The van der Waals surface area contributed by atoms with Crippen molar-refractivity contribution in [2.75, 3.05) is 13.7 Å². The lowest BCUT2D eigenvalue weighted by Gasteiger charge is -2.24. The molecule has 0 heterocycles. The van der Waals surface area contributed by atoms with Crippen LogP contribution >= 0.6 is 11.6 Å². The maximum absolute atomic E-state index is 10.7. The Bertz CT molecular complexity index is 154. The van der Waals surface area contributed by atoms with Gasteiger partial charge in [-0.25, -0.2) is 4.79 Å². The van der Waals surface area contributed by atoms with Crippen LogP contribution in [0.3, 0.4) is 0 Å². The quantitative estimate of drug-likeness (QED) is 0.682. The van der Waals surface area contributed by atoms with E-state index in [4.69, 9.17) is 16.3 Å². The van der Waals surface area contributed by atoms with Crippen molar-refractivity contribution in [3.63, 3.8) is 0 Å². The van der Waals surface area contributed by atoms with E-state index in [2.05, 4.69) is 5.32 Å². The molecule has 1 N–H and O–H groups in total. The largest absolute Gasteiger partial charge is 0.448 e. The zero-order valence-electron chi connectivity index (χ0n) is 7.98. The van der Waals surface area contributed by atoms with Crippen molar-refractivity contribution in [3.8, 4) is 0 Å². The summed E-state index contributed by atoms with van der Waals surface area (Å²) in [6.07, 6.45) is -0.440. The highest BCUT2D eigenvalue weighted by molar-refractivity contribution is 6.21. The molecule has 0 aromatic carbocycles. The molecule has 1 amide bonds. The Morgan fingerprint density at radius 2 is 2.08 bits per heavy atom. The molecule has 3 nitrogen and oxygen atoms in total. The standard InChI is InChI=1S/C8H16ClNO2/c1-8(2,3)6(9)5-12-7(11)10-4/h6H,5H2,1-4H3,(H,10,11). The molecule has 0 aliphatic rings. The maximum Gasteiger partial charge on any atom is 0.406 e. The van der Waals surface area contributed by atoms with Crippen LogP contribution in [0.5, 0.6) is 0 Å².